The first-order chi connectivity index (χ1) is 8.48. The van der Waals surface area contributed by atoms with Gasteiger partial charge in [-0.25, -0.2) is 0 Å². The van der Waals surface area contributed by atoms with Gasteiger partial charge < -0.3 is 15.4 Å². The molecule has 7 heteroatoms. The fourth-order valence-electron chi connectivity index (χ4n) is 2.17. The van der Waals surface area contributed by atoms with Gasteiger partial charge in [-0.05, 0) is 6.42 Å². The van der Waals surface area contributed by atoms with Crippen molar-refractivity contribution in [2.24, 2.45) is 5.41 Å². The highest BCUT2D eigenvalue weighted by molar-refractivity contribution is 7.17. The Morgan fingerprint density at radius 1 is 1.50 bits per heavy atom. The van der Waals surface area contributed by atoms with Gasteiger partial charge in [-0.2, -0.15) is 0 Å². The number of rotatable bonds is 4. The summed E-state index contributed by atoms with van der Waals surface area (Å²) in [7, 11) is 3.45. The Morgan fingerprint density at radius 2 is 2.22 bits per heavy atom. The summed E-state index contributed by atoms with van der Waals surface area (Å²) in [6, 6.07) is 0.122. The van der Waals surface area contributed by atoms with Gasteiger partial charge in [-0.1, -0.05) is 25.2 Å². The number of anilines is 1. The van der Waals surface area contributed by atoms with E-state index in [1.54, 1.807) is 14.2 Å². The van der Waals surface area contributed by atoms with Gasteiger partial charge in [-0.3, -0.25) is 4.79 Å². The largest absolute Gasteiger partial charge is 0.381 e. The number of hydrogen-bond donors (Lipinski definition) is 2. The Bertz CT molecular complexity index is 446. The highest BCUT2D eigenvalue weighted by Crippen LogP contribution is 2.42. The molecule has 100 valence electrons. The molecule has 1 saturated carbocycles. The maximum atomic E-state index is 12.0. The SMILES string of the molecule is CNc1nnc(C(=O)NC2CC(OC)C2(C)C)s1. The Morgan fingerprint density at radius 3 is 2.72 bits per heavy atom. The van der Waals surface area contributed by atoms with Crippen LogP contribution in [0.4, 0.5) is 5.13 Å². The molecule has 18 heavy (non-hydrogen) atoms. The van der Waals surface area contributed by atoms with Gasteiger partial charge in [0.25, 0.3) is 5.91 Å². The molecule has 0 aliphatic heterocycles. The van der Waals surface area contributed by atoms with E-state index in [4.69, 9.17) is 4.74 Å². The van der Waals surface area contributed by atoms with Crippen LogP contribution in [0.1, 0.15) is 30.1 Å². The average molecular weight is 270 g/mol. The molecule has 2 atom stereocenters. The van der Waals surface area contributed by atoms with Crippen molar-refractivity contribution in [3.63, 3.8) is 0 Å². The van der Waals surface area contributed by atoms with Gasteiger partial charge in [0, 0.05) is 25.6 Å². The van der Waals surface area contributed by atoms with Crippen molar-refractivity contribution in [1.29, 1.82) is 0 Å². The minimum Gasteiger partial charge on any atom is -0.381 e. The molecule has 0 aromatic carbocycles. The van der Waals surface area contributed by atoms with E-state index in [0.717, 1.165) is 6.42 Å². The zero-order valence-corrected chi connectivity index (χ0v) is 11.8. The molecule has 0 saturated heterocycles. The van der Waals surface area contributed by atoms with Gasteiger partial charge in [0.2, 0.25) is 10.1 Å². The third kappa shape index (κ3) is 2.20. The number of nitrogens with zero attached hydrogens (tertiary/aromatic N) is 2. The number of carbonyl (C=O) groups is 1. The topological polar surface area (TPSA) is 76.1 Å². The number of amides is 1. The minimum atomic E-state index is -0.165. The van der Waals surface area contributed by atoms with E-state index in [1.807, 2.05) is 0 Å². The van der Waals surface area contributed by atoms with Crippen LogP contribution in [0.25, 0.3) is 0 Å². The van der Waals surface area contributed by atoms with E-state index in [1.165, 1.54) is 11.3 Å². The molecule has 2 N–H and O–H groups in total. The van der Waals surface area contributed by atoms with Gasteiger partial charge in [0.1, 0.15) is 0 Å². The molecule has 1 heterocycles. The van der Waals surface area contributed by atoms with E-state index in [-0.39, 0.29) is 23.5 Å². The van der Waals surface area contributed by atoms with E-state index in [2.05, 4.69) is 34.7 Å². The van der Waals surface area contributed by atoms with Crippen LogP contribution in [-0.4, -0.2) is 42.4 Å². The van der Waals surface area contributed by atoms with Crippen molar-refractivity contribution in [3.05, 3.63) is 5.01 Å². The second-order valence-electron chi connectivity index (χ2n) is 4.97. The average Bonchev–Trinajstić information content (AvgIpc) is 2.82. The lowest BCUT2D eigenvalue weighted by molar-refractivity contribution is -0.0942. The van der Waals surface area contributed by atoms with Crippen LogP contribution < -0.4 is 10.6 Å². The van der Waals surface area contributed by atoms with Crippen LogP contribution in [0, 0.1) is 5.41 Å². The van der Waals surface area contributed by atoms with Crippen LogP contribution >= 0.6 is 11.3 Å². The Kier molecular flexibility index (Phi) is 3.54. The van der Waals surface area contributed by atoms with Gasteiger partial charge >= 0.3 is 0 Å². The second kappa shape index (κ2) is 4.81. The number of aromatic nitrogens is 2. The number of carbonyl (C=O) groups excluding carboxylic acids is 1. The smallest absolute Gasteiger partial charge is 0.282 e. The molecule has 1 aliphatic rings. The summed E-state index contributed by atoms with van der Waals surface area (Å²) in [6.07, 6.45) is 1.04. The summed E-state index contributed by atoms with van der Waals surface area (Å²) in [6.45, 7) is 4.18. The van der Waals surface area contributed by atoms with Crippen molar-refractivity contribution < 1.29 is 9.53 Å². The summed E-state index contributed by atoms with van der Waals surface area (Å²) < 4.78 is 5.35. The third-order valence-corrected chi connectivity index (χ3v) is 4.54. The van der Waals surface area contributed by atoms with Crippen LogP contribution in [0.5, 0.6) is 0 Å². The van der Waals surface area contributed by atoms with Crippen molar-refractivity contribution in [3.8, 4) is 0 Å². The van der Waals surface area contributed by atoms with E-state index < -0.39 is 0 Å². The number of ether oxygens (including phenoxy) is 1. The van der Waals surface area contributed by atoms with E-state index >= 15 is 0 Å². The number of methoxy groups -OCH3 is 1. The van der Waals surface area contributed by atoms with E-state index in [9.17, 15) is 4.79 Å². The second-order valence-corrected chi connectivity index (χ2v) is 5.95. The molecule has 2 unspecified atom stereocenters. The lowest BCUT2D eigenvalue weighted by Gasteiger charge is -2.51. The first kappa shape index (κ1) is 13.2. The van der Waals surface area contributed by atoms with Crippen molar-refractivity contribution in [2.45, 2.75) is 32.4 Å². The molecule has 1 aromatic rings. The van der Waals surface area contributed by atoms with Gasteiger partial charge in [-0.15, -0.1) is 10.2 Å². The van der Waals surface area contributed by atoms with E-state index in [0.29, 0.717) is 10.1 Å². The van der Waals surface area contributed by atoms with Crippen LogP contribution in [0.2, 0.25) is 0 Å². The highest BCUT2D eigenvalue weighted by atomic mass is 32.1. The molecular weight excluding hydrogens is 252 g/mol. The summed E-state index contributed by atoms with van der Waals surface area (Å²) in [5.41, 5.74) is -0.0407. The molecule has 1 aromatic heterocycles. The zero-order valence-electron chi connectivity index (χ0n) is 11.0. The number of nitrogens with one attached hydrogen (secondary N) is 2. The molecule has 0 bridgehead atoms. The van der Waals surface area contributed by atoms with Crippen molar-refractivity contribution >= 4 is 22.4 Å². The van der Waals surface area contributed by atoms with Gasteiger partial charge in [0.15, 0.2) is 0 Å². The first-order valence-corrected chi connectivity index (χ1v) is 6.65. The fourth-order valence-corrected chi connectivity index (χ4v) is 2.77. The molecule has 1 fully saturated rings. The number of hydrogen-bond acceptors (Lipinski definition) is 6. The normalized spacial score (nSPS) is 25.3. The van der Waals surface area contributed by atoms with Crippen molar-refractivity contribution in [2.75, 3.05) is 19.5 Å². The summed E-state index contributed by atoms with van der Waals surface area (Å²) in [4.78, 5) is 12.0. The fraction of sp³-hybridized carbons (Fsp3) is 0.727. The molecule has 0 spiro atoms. The van der Waals surface area contributed by atoms with Crippen molar-refractivity contribution in [1.82, 2.24) is 15.5 Å². The predicted molar refractivity (Wildman–Crippen MR) is 69.9 cm³/mol. The van der Waals surface area contributed by atoms with Crippen LogP contribution in [0.3, 0.4) is 0 Å². The van der Waals surface area contributed by atoms with Gasteiger partial charge in [0.05, 0.1) is 6.10 Å². The molecule has 1 amide bonds. The molecular formula is C11H18N4O2S. The summed E-state index contributed by atoms with van der Waals surface area (Å²) in [5.74, 6) is -0.165. The lowest BCUT2D eigenvalue weighted by Crippen LogP contribution is -2.61. The monoisotopic (exact) mass is 270 g/mol. The zero-order chi connectivity index (χ0) is 13.3. The van der Waals surface area contributed by atoms with Crippen LogP contribution in [0.15, 0.2) is 0 Å². The maximum Gasteiger partial charge on any atom is 0.282 e. The Labute approximate surface area is 110 Å². The standard InChI is InChI=1S/C11H18N4O2S/c1-11(2)6(5-7(11)17-4)13-8(16)9-14-15-10(12-3)18-9/h6-7H,5H2,1-4H3,(H,12,15)(H,13,16). The highest BCUT2D eigenvalue weighted by Gasteiger charge is 2.49. The summed E-state index contributed by atoms with van der Waals surface area (Å²) >= 11 is 1.25. The Balaban J connectivity index is 1.97. The minimum absolute atomic E-state index is 0.0407. The lowest BCUT2D eigenvalue weighted by atomic mass is 9.64. The van der Waals surface area contributed by atoms with Crippen LogP contribution in [-0.2, 0) is 4.74 Å². The molecule has 0 radical (unpaired) electrons. The molecule has 6 nitrogen and oxygen atoms in total. The molecule has 1 aliphatic carbocycles. The maximum absolute atomic E-state index is 12.0. The molecule has 2 rings (SSSR count). The Hall–Kier alpha value is -1.21. The third-order valence-electron chi connectivity index (χ3n) is 3.60. The predicted octanol–water partition coefficient (Wildman–Crippen LogP) is 1.12. The quantitative estimate of drug-likeness (QED) is 0.857. The first-order valence-electron chi connectivity index (χ1n) is 5.84. The summed E-state index contributed by atoms with van der Waals surface area (Å²) in [5, 5.41) is 14.6.